The van der Waals surface area contributed by atoms with Crippen molar-refractivity contribution in [3.8, 4) is 5.69 Å². The van der Waals surface area contributed by atoms with Gasteiger partial charge in [-0.25, -0.2) is 9.79 Å². The van der Waals surface area contributed by atoms with E-state index < -0.39 is 23.0 Å². The van der Waals surface area contributed by atoms with E-state index in [1.165, 1.54) is 30.1 Å². The first-order chi connectivity index (χ1) is 13.5. The quantitative estimate of drug-likeness (QED) is 0.617. The fourth-order valence-electron chi connectivity index (χ4n) is 3.07. The minimum atomic E-state index is -1.32. The van der Waals surface area contributed by atoms with Crippen LogP contribution in [0.2, 0.25) is 0 Å². The number of aromatic carboxylic acids is 1. The number of amides is 2. The number of carboxylic acid groups (broad SMARTS) is 1. The van der Waals surface area contributed by atoms with Gasteiger partial charge < -0.3 is 16.6 Å². The van der Waals surface area contributed by atoms with Crippen molar-refractivity contribution < 1.29 is 19.5 Å². The van der Waals surface area contributed by atoms with Crippen molar-refractivity contribution in [3.05, 3.63) is 57.5 Å². The summed E-state index contributed by atoms with van der Waals surface area (Å²) in [6.07, 6.45) is -0.104. The number of carbonyl (C=O) groups is 3. The maximum absolute atomic E-state index is 12.4. The van der Waals surface area contributed by atoms with Crippen LogP contribution in [-0.4, -0.2) is 50.6 Å². The lowest BCUT2D eigenvalue weighted by atomic mass is 9.85. The van der Waals surface area contributed by atoms with Crippen molar-refractivity contribution in [1.82, 2.24) is 14.7 Å². The zero-order chi connectivity index (χ0) is 21.5. The van der Waals surface area contributed by atoms with Crippen LogP contribution in [0.5, 0.6) is 0 Å². The van der Waals surface area contributed by atoms with Crippen molar-refractivity contribution in [2.24, 2.45) is 16.5 Å². The number of hydrogen-bond donors (Lipinski definition) is 3. The van der Waals surface area contributed by atoms with E-state index in [0.717, 1.165) is 16.8 Å². The Kier molecular flexibility index (Phi) is 4.66. The van der Waals surface area contributed by atoms with Gasteiger partial charge in [0.25, 0.3) is 5.56 Å². The summed E-state index contributed by atoms with van der Waals surface area (Å²) in [5.41, 5.74) is 9.58. The summed E-state index contributed by atoms with van der Waals surface area (Å²) in [5.74, 6) is -2.41. The summed E-state index contributed by atoms with van der Waals surface area (Å²) in [4.78, 5) is 53.3. The number of primary amides is 1. The molecule has 2 aromatic rings. The molecule has 2 amide bonds. The monoisotopic (exact) mass is 398 g/mol. The minimum absolute atomic E-state index is 0.0428. The molecule has 2 heterocycles. The van der Waals surface area contributed by atoms with Gasteiger partial charge in [0.05, 0.1) is 17.6 Å². The van der Waals surface area contributed by atoms with E-state index in [4.69, 9.17) is 11.5 Å². The third-order valence-electron chi connectivity index (χ3n) is 4.68. The predicted octanol–water partition coefficient (Wildman–Crippen LogP) is -0.578. The van der Waals surface area contributed by atoms with Crippen LogP contribution in [0.3, 0.4) is 0 Å². The molecule has 1 aromatic heterocycles. The molecule has 0 bridgehead atoms. The van der Waals surface area contributed by atoms with E-state index in [-0.39, 0.29) is 40.8 Å². The lowest BCUT2D eigenvalue weighted by molar-refractivity contribution is -0.128. The lowest BCUT2D eigenvalue weighted by Crippen LogP contribution is -2.48. The first-order valence-electron chi connectivity index (χ1n) is 8.44. The largest absolute Gasteiger partial charge is 0.476 e. The number of carbonyl (C=O) groups excluding carboxylic acids is 2. The highest BCUT2D eigenvalue weighted by atomic mass is 16.4. The van der Waals surface area contributed by atoms with Crippen LogP contribution in [0, 0.1) is 0 Å². The Labute approximate surface area is 164 Å². The van der Waals surface area contributed by atoms with E-state index in [9.17, 15) is 24.3 Å². The second-order valence-corrected chi connectivity index (χ2v) is 6.74. The summed E-state index contributed by atoms with van der Waals surface area (Å²) in [7, 11) is 1.48. The molecule has 0 saturated carbocycles. The molecule has 3 rings (SSSR count). The van der Waals surface area contributed by atoms with Gasteiger partial charge in [0.2, 0.25) is 11.8 Å². The molecule has 29 heavy (non-hydrogen) atoms. The van der Waals surface area contributed by atoms with E-state index in [2.05, 4.69) is 10.1 Å². The lowest BCUT2D eigenvalue weighted by Gasteiger charge is -2.34. The first-order valence-corrected chi connectivity index (χ1v) is 8.44. The first kappa shape index (κ1) is 19.7. The average Bonchev–Trinajstić information content (AvgIpc) is 2.65. The average molecular weight is 398 g/mol. The summed E-state index contributed by atoms with van der Waals surface area (Å²) in [5, 5.41) is 13.1. The van der Waals surface area contributed by atoms with Crippen LogP contribution < -0.4 is 17.0 Å². The van der Waals surface area contributed by atoms with Crippen LogP contribution in [0.25, 0.3) is 5.69 Å². The number of carboxylic acids is 1. The molecule has 0 spiro atoms. The molecule has 5 N–H and O–H groups in total. The number of benzene rings is 1. The molecule has 1 atom stereocenters. The van der Waals surface area contributed by atoms with Gasteiger partial charge in [-0.15, -0.1) is 0 Å². The Morgan fingerprint density at radius 2 is 1.90 bits per heavy atom. The molecule has 1 aromatic carbocycles. The zero-order valence-corrected chi connectivity index (χ0v) is 15.6. The highest BCUT2D eigenvalue weighted by molar-refractivity contribution is 5.99. The maximum atomic E-state index is 12.4. The van der Waals surface area contributed by atoms with Crippen molar-refractivity contribution in [2.75, 3.05) is 7.05 Å². The third-order valence-corrected chi connectivity index (χ3v) is 4.68. The summed E-state index contributed by atoms with van der Waals surface area (Å²) in [6, 6.07) is 6.30. The Bertz CT molecular complexity index is 1140. The van der Waals surface area contributed by atoms with Crippen molar-refractivity contribution in [2.45, 2.75) is 18.9 Å². The molecule has 0 aliphatic carbocycles. The number of nitrogens with two attached hydrogens (primary N) is 2. The van der Waals surface area contributed by atoms with Gasteiger partial charge in [-0.2, -0.15) is 9.78 Å². The van der Waals surface area contributed by atoms with Crippen LogP contribution in [0.1, 0.15) is 39.8 Å². The molecule has 1 aliphatic rings. The molecular formula is C18H18N6O5. The molecule has 11 heteroatoms. The van der Waals surface area contributed by atoms with Crippen molar-refractivity contribution in [3.63, 3.8) is 0 Å². The van der Waals surface area contributed by atoms with E-state index in [1.54, 1.807) is 6.92 Å². The van der Waals surface area contributed by atoms with Gasteiger partial charge in [-0.1, -0.05) is 0 Å². The number of aliphatic imine (C=N–C) groups is 1. The van der Waals surface area contributed by atoms with E-state index in [1.807, 2.05) is 0 Å². The van der Waals surface area contributed by atoms with Crippen molar-refractivity contribution >= 4 is 23.7 Å². The third kappa shape index (κ3) is 3.45. The van der Waals surface area contributed by atoms with Crippen LogP contribution in [0.4, 0.5) is 0 Å². The summed E-state index contributed by atoms with van der Waals surface area (Å²) >= 11 is 0. The van der Waals surface area contributed by atoms with Gasteiger partial charge in [0.1, 0.15) is 0 Å². The fraction of sp³-hybridized carbons (Fsp3) is 0.222. The summed E-state index contributed by atoms with van der Waals surface area (Å²) < 4.78 is 0.878. The number of rotatable bonds is 4. The normalized spacial score (nSPS) is 19.0. The molecule has 0 fully saturated rings. The SMILES string of the molecule is CN1C(=O)C[C@](C)(c2cc(C(N)=O)ccc2-n2nc(C(=O)O)ccc2=O)N=C1N. The Balaban J connectivity index is 2.33. The number of nitrogens with zero attached hydrogens (tertiary/aromatic N) is 4. The molecule has 0 radical (unpaired) electrons. The second-order valence-electron chi connectivity index (χ2n) is 6.74. The van der Waals surface area contributed by atoms with E-state index >= 15 is 0 Å². The minimum Gasteiger partial charge on any atom is -0.476 e. The number of hydrogen-bond acceptors (Lipinski definition) is 7. The highest BCUT2D eigenvalue weighted by Gasteiger charge is 2.38. The van der Waals surface area contributed by atoms with Gasteiger partial charge in [0.15, 0.2) is 11.7 Å². The smallest absolute Gasteiger partial charge is 0.356 e. The van der Waals surface area contributed by atoms with Gasteiger partial charge >= 0.3 is 5.97 Å². The molecule has 11 nitrogen and oxygen atoms in total. The van der Waals surface area contributed by atoms with Crippen molar-refractivity contribution in [1.29, 1.82) is 0 Å². The van der Waals surface area contributed by atoms with Crippen LogP contribution in [-0.2, 0) is 10.3 Å². The number of guanidine groups is 1. The summed E-state index contributed by atoms with van der Waals surface area (Å²) in [6.45, 7) is 1.61. The molecule has 1 aliphatic heterocycles. The number of aromatic nitrogens is 2. The van der Waals surface area contributed by atoms with Gasteiger partial charge in [-0.3, -0.25) is 19.3 Å². The van der Waals surface area contributed by atoms with Crippen LogP contribution in [0.15, 0.2) is 40.1 Å². The molecule has 0 unspecified atom stereocenters. The topological polar surface area (TPSA) is 174 Å². The van der Waals surface area contributed by atoms with Gasteiger partial charge in [-0.05, 0) is 31.2 Å². The van der Waals surface area contributed by atoms with Gasteiger partial charge in [0, 0.05) is 24.2 Å². The maximum Gasteiger partial charge on any atom is 0.356 e. The van der Waals surface area contributed by atoms with Crippen LogP contribution >= 0.6 is 0 Å². The van der Waals surface area contributed by atoms with E-state index in [0.29, 0.717) is 0 Å². The Hall–Kier alpha value is -4.02. The second kappa shape index (κ2) is 6.86. The predicted molar refractivity (Wildman–Crippen MR) is 102 cm³/mol. The fourth-order valence-corrected chi connectivity index (χ4v) is 3.07. The molecule has 0 saturated heterocycles. The standard InChI is InChI=1S/C18H18N6O5/c1-18(8-14(26)23(2)17(20)21-18)10-7-9(15(19)27)3-5-12(10)24-13(25)6-4-11(22-24)16(28)29/h3-7H,8H2,1-2H3,(H2,19,27)(H2,20,21)(H,28,29)/t18-/m1/s1. The zero-order valence-electron chi connectivity index (χ0n) is 15.6. The molecular weight excluding hydrogens is 380 g/mol. The Morgan fingerprint density at radius 3 is 2.48 bits per heavy atom. The Morgan fingerprint density at radius 1 is 1.21 bits per heavy atom. The molecule has 150 valence electrons. The highest BCUT2D eigenvalue weighted by Crippen LogP contribution is 2.36.